The minimum absolute atomic E-state index is 0.100. The van der Waals surface area contributed by atoms with E-state index in [4.69, 9.17) is 4.74 Å². The van der Waals surface area contributed by atoms with E-state index >= 15 is 0 Å². The van der Waals surface area contributed by atoms with Crippen molar-refractivity contribution < 1.29 is 24.5 Å². The van der Waals surface area contributed by atoms with Gasteiger partial charge in [-0.3, -0.25) is 9.59 Å². The maximum atomic E-state index is 12.3. The second kappa shape index (κ2) is 16.2. The normalized spacial score (nSPS) is 11.5. The SMILES string of the molecule is Cc1cc(C(C)C)c(OCC(=O)N=Nc2c(O)[nH]c3ccc(I)cc23)c(Br)c1C.O=C(N=Nc1c(O)[nH]c2ccc(I)cc12)c1ccccc1. The van der Waals surface area contributed by atoms with Crippen LogP contribution in [-0.2, 0) is 4.79 Å². The van der Waals surface area contributed by atoms with Crippen LogP contribution < -0.4 is 4.74 Å². The average molecular weight is 961 g/mol. The number of aryl methyl sites for hydroxylation is 1. The lowest BCUT2D eigenvalue weighted by Gasteiger charge is -2.18. The summed E-state index contributed by atoms with van der Waals surface area (Å²) < 4.78 is 8.65. The van der Waals surface area contributed by atoms with Crippen LogP contribution in [0.2, 0.25) is 0 Å². The summed E-state index contributed by atoms with van der Waals surface area (Å²) >= 11 is 7.93. The monoisotopic (exact) mass is 960 g/mol. The lowest BCUT2D eigenvalue weighted by molar-refractivity contribution is -0.120. The average Bonchev–Trinajstić information content (AvgIpc) is 3.58. The van der Waals surface area contributed by atoms with Crippen molar-refractivity contribution in [2.75, 3.05) is 6.61 Å². The number of aromatic hydroxyl groups is 2. The Balaban J connectivity index is 0.000000204. The topological polar surface area (TPSA) is 165 Å². The van der Waals surface area contributed by atoms with Crippen molar-refractivity contribution >= 4 is 106 Å². The molecule has 11 nitrogen and oxygen atoms in total. The third-order valence-electron chi connectivity index (χ3n) is 7.67. The summed E-state index contributed by atoms with van der Waals surface area (Å²) in [5.74, 6) is -0.326. The van der Waals surface area contributed by atoms with Gasteiger partial charge in [0.1, 0.15) is 5.75 Å². The number of nitrogens with zero attached hydrogens (tertiary/aromatic N) is 4. The quantitative estimate of drug-likeness (QED) is 0.0922. The molecule has 2 heterocycles. The van der Waals surface area contributed by atoms with Crippen LogP contribution in [0.25, 0.3) is 21.8 Å². The van der Waals surface area contributed by atoms with E-state index < -0.39 is 11.8 Å². The number of fused-ring (bicyclic) bond motifs is 2. The van der Waals surface area contributed by atoms with Crippen molar-refractivity contribution in [3.8, 4) is 17.5 Å². The molecule has 14 heteroatoms. The zero-order valence-corrected chi connectivity index (χ0v) is 33.2. The number of nitrogens with one attached hydrogen (secondary N) is 2. The Morgan fingerprint density at radius 2 is 1.36 bits per heavy atom. The predicted octanol–water partition coefficient (Wildman–Crippen LogP) is 11.1. The van der Waals surface area contributed by atoms with E-state index in [9.17, 15) is 19.8 Å². The second-order valence-corrected chi connectivity index (χ2v) is 14.8. The zero-order valence-electron chi connectivity index (χ0n) is 27.3. The van der Waals surface area contributed by atoms with Crippen LogP contribution in [0.4, 0.5) is 11.4 Å². The molecule has 0 saturated heterocycles. The molecule has 0 unspecified atom stereocenters. The molecular weight excluding hydrogens is 930 g/mol. The molecule has 2 aromatic heterocycles. The van der Waals surface area contributed by atoms with Crippen molar-refractivity contribution in [1.29, 1.82) is 0 Å². The largest absolute Gasteiger partial charge is 0.493 e. The maximum absolute atomic E-state index is 12.3. The highest BCUT2D eigenvalue weighted by molar-refractivity contribution is 14.1. The highest BCUT2D eigenvalue weighted by Crippen LogP contribution is 2.39. The Bertz CT molecular complexity index is 2280. The van der Waals surface area contributed by atoms with Crippen molar-refractivity contribution in [1.82, 2.24) is 9.97 Å². The molecule has 0 aliphatic carbocycles. The van der Waals surface area contributed by atoms with Gasteiger partial charge in [-0.05, 0) is 146 Å². The summed E-state index contributed by atoms with van der Waals surface area (Å²) in [5.41, 5.74) is 5.68. The van der Waals surface area contributed by atoms with Gasteiger partial charge in [0.15, 0.2) is 18.0 Å². The predicted molar refractivity (Wildman–Crippen MR) is 213 cm³/mol. The highest BCUT2D eigenvalue weighted by atomic mass is 127. The van der Waals surface area contributed by atoms with Crippen LogP contribution in [0, 0.1) is 21.0 Å². The summed E-state index contributed by atoms with van der Waals surface area (Å²) in [6, 6.07) is 22.0. The van der Waals surface area contributed by atoms with Gasteiger partial charge < -0.3 is 24.9 Å². The van der Waals surface area contributed by atoms with Crippen molar-refractivity contribution in [2.24, 2.45) is 20.5 Å². The second-order valence-electron chi connectivity index (χ2n) is 11.5. The Hall–Kier alpha value is -4.16. The van der Waals surface area contributed by atoms with Gasteiger partial charge >= 0.3 is 5.91 Å². The van der Waals surface area contributed by atoms with Gasteiger partial charge in [0.05, 0.1) is 15.5 Å². The third kappa shape index (κ3) is 8.58. The maximum Gasteiger partial charge on any atom is 0.302 e. The summed E-state index contributed by atoms with van der Waals surface area (Å²) in [4.78, 5) is 29.8. The van der Waals surface area contributed by atoms with Gasteiger partial charge in [-0.25, -0.2) is 0 Å². The number of aromatic nitrogens is 2. The Labute approximate surface area is 323 Å². The first kappa shape index (κ1) is 37.1. The molecule has 0 aliphatic heterocycles. The molecule has 4 aromatic carbocycles. The number of azo groups is 2. The number of hydrogen-bond donors (Lipinski definition) is 4. The summed E-state index contributed by atoms with van der Waals surface area (Å²) in [6.45, 7) is 7.95. The highest BCUT2D eigenvalue weighted by Gasteiger charge is 2.18. The summed E-state index contributed by atoms with van der Waals surface area (Å²) in [7, 11) is 0. The van der Waals surface area contributed by atoms with Gasteiger partial charge in [-0.15, -0.1) is 20.5 Å². The van der Waals surface area contributed by atoms with Gasteiger partial charge in [-0.2, -0.15) is 0 Å². The number of benzene rings is 4. The van der Waals surface area contributed by atoms with E-state index in [-0.39, 0.29) is 35.7 Å². The molecule has 256 valence electrons. The first-order chi connectivity index (χ1) is 23.8. The lowest BCUT2D eigenvalue weighted by atomic mass is 9.97. The van der Waals surface area contributed by atoms with E-state index in [0.717, 1.165) is 44.7 Å². The smallest absolute Gasteiger partial charge is 0.302 e. The number of ether oxygens (including phenoxy) is 1. The number of H-pyrrole nitrogens is 2. The van der Waals surface area contributed by atoms with Crippen molar-refractivity contribution in [2.45, 2.75) is 33.6 Å². The van der Waals surface area contributed by atoms with Crippen molar-refractivity contribution in [3.05, 3.63) is 107 Å². The summed E-state index contributed by atoms with van der Waals surface area (Å²) in [6.07, 6.45) is 0. The van der Waals surface area contributed by atoms with E-state index in [1.54, 1.807) is 24.3 Å². The molecular formula is C36H31BrI2N6O5. The number of carbonyl (C=O) groups excluding carboxylic acids is 2. The number of halogens is 3. The molecule has 0 radical (unpaired) electrons. The number of carbonyl (C=O) groups is 2. The molecule has 2 amide bonds. The molecule has 0 atom stereocenters. The molecule has 0 bridgehead atoms. The molecule has 50 heavy (non-hydrogen) atoms. The molecule has 6 rings (SSSR count). The van der Waals surface area contributed by atoms with Gasteiger partial charge in [0.25, 0.3) is 5.91 Å². The lowest BCUT2D eigenvalue weighted by Crippen LogP contribution is -2.11. The first-order valence-corrected chi connectivity index (χ1v) is 18.2. The Morgan fingerprint density at radius 1 is 0.820 bits per heavy atom. The van der Waals surface area contributed by atoms with Gasteiger partial charge in [0.2, 0.25) is 11.8 Å². The molecule has 4 N–H and O–H groups in total. The molecule has 0 fully saturated rings. The standard InChI is InChI=1S/C21H21BrIN3O3.C15H10IN3O2/c1-10(2)14-7-11(3)12(4)18(22)20(14)29-9-17(27)25-26-19-15-8-13(23)5-6-16(15)24-21(19)28;16-10-6-7-12-11(8-10)13(15(21)17-12)18-19-14(20)9-4-2-1-3-5-9/h5-8,10,24,28H,9H2,1-4H3;1-8,17,21H. The number of rotatable bonds is 7. The number of amides is 2. The van der Waals surface area contributed by atoms with Gasteiger partial charge in [-0.1, -0.05) is 38.1 Å². The number of aromatic amines is 2. The fourth-order valence-electron chi connectivity index (χ4n) is 4.93. The molecule has 0 spiro atoms. The summed E-state index contributed by atoms with van der Waals surface area (Å²) in [5, 5.41) is 36.7. The fourth-order valence-corrected chi connectivity index (χ4v) is 6.57. The van der Waals surface area contributed by atoms with Crippen LogP contribution >= 0.6 is 61.1 Å². The van der Waals surface area contributed by atoms with Gasteiger partial charge in [0, 0.05) is 23.5 Å². The first-order valence-electron chi connectivity index (χ1n) is 15.2. The Morgan fingerprint density at radius 3 is 1.90 bits per heavy atom. The van der Waals surface area contributed by atoms with Crippen LogP contribution in [0.1, 0.15) is 46.8 Å². The minimum atomic E-state index is -0.538. The van der Waals surface area contributed by atoms with Crippen molar-refractivity contribution in [3.63, 3.8) is 0 Å². The molecule has 0 saturated carbocycles. The fraction of sp³-hybridized carbons (Fsp3) is 0.167. The van der Waals surface area contributed by atoms with E-state index in [1.165, 1.54) is 0 Å². The van der Waals surface area contributed by atoms with Crippen LogP contribution in [0.3, 0.4) is 0 Å². The van der Waals surface area contributed by atoms with E-state index in [0.29, 0.717) is 16.7 Å². The third-order valence-corrected chi connectivity index (χ3v) is 9.96. The van der Waals surface area contributed by atoms with Crippen LogP contribution in [0.15, 0.2) is 97.7 Å². The molecule has 6 aromatic rings. The minimum Gasteiger partial charge on any atom is -0.493 e. The van der Waals surface area contributed by atoms with Crippen LogP contribution in [-0.4, -0.2) is 38.6 Å². The Kier molecular flexibility index (Phi) is 12.1. The number of hydrogen-bond acceptors (Lipinski definition) is 7. The van der Waals surface area contributed by atoms with E-state index in [2.05, 4.69) is 111 Å². The van der Waals surface area contributed by atoms with Crippen LogP contribution in [0.5, 0.6) is 17.5 Å². The molecule has 0 aliphatic rings. The zero-order chi connectivity index (χ0) is 36.1. The van der Waals surface area contributed by atoms with E-state index in [1.807, 2.05) is 56.3 Å².